The number of sulfonamides is 1. The van der Waals surface area contributed by atoms with Crippen LogP contribution in [0.2, 0.25) is 10.0 Å². The van der Waals surface area contributed by atoms with Crippen LogP contribution in [0.5, 0.6) is 5.75 Å². The zero-order chi connectivity index (χ0) is 21.7. The Hall–Kier alpha value is -1.71. The van der Waals surface area contributed by atoms with Crippen molar-refractivity contribution in [1.82, 2.24) is 4.90 Å². The van der Waals surface area contributed by atoms with Gasteiger partial charge in [0.05, 0.1) is 16.3 Å². The second-order valence-electron chi connectivity index (χ2n) is 7.25. The highest BCUT2D eigenvalue weighted by atomic mass is 35.5. The summed E-state index contributed by atoms with van der Waals surface area (Å²) in [5, 5.41) is 11.4. The lowest BCUT2D eigenvalue weighted by Gasteiger charge is -2.37. The van der Waals surface area contributed by atoms with Crippen LogP contribution in [0, 0.1) is 0 Å². The average Bonchev–Trinajstić information content (AvgIpc) is 2.69. The molecule has 0 amide bonds. The van der Waals surface area contributed by atoms with Gasteiger partial charge < -0.3 is 14.7 Å². The van der Waals surface area contributed by atoms with Gasteiger partial charge in [0.2, 0.25) is 10.0 Å². The summed E-state index contributed by atoms with van der Waals surface area (Å²) in [5.41, 5.74) is 1.51. The van der Waals surface area contributed by atoms with E-state index in [1.165, 1.54) is 0 Å². The molecule has 3 rings (SSSR count). The molecule has 2 aromatic carbocycles. The number of nitrogens with zero attached hydrogens (tertiary/aromatic N) is 2. The van der Waals surface area contributed by atoms with Crippen molar-refractivity contribution >= 4 is 44.6 Å². The van der Waals surface area contributed by atoms with Crippen molar-refractivity contribution in [2.45, 2.75) is 6.10 Å². The fourth-order valence-corrected chi connectivity index (χ4v) is 4.10. The molecule has 1 saturated heterocycles. The summed E-state index contributed by atoms with van der Waals surface area (Å²) < 4.78 is 30.5. The fraction of sp³-hybridized carbons (Fsp3) is 0.400. The summed E-state index contributed by atoms with van der Waals surface area (Å²) in [4.78, 5) is 4.44. The maximum atomic E-state index is 11.2. The van der Waals surface area contributed by atoms with Crippen LogP contribution in [0.25, 0.3) is 0 Å². The van der Waals surface area contributed by atoms with Crippen molar-refractivity contribution in [3.63, 3.8) is 0 Å². The number of aliphatic hydroxyl groups is 1. The summed E-state index contributed by atoms with van der Waals surface area (Å²) >= 11 is 12.1. The highest BCUT2D eigenvalue weighted by Crippen LogP contribution is 2.27. The van der Waals surface area contributed by atoms with E-state index in [-0.39, 0.29) is 6.61 Å². The molecular weight excluding hydrogens is 449 g/mol. The topological polar surface area (TPSA) is 82.1 Å². The first kappa shape index (κ1) is 23.0. The lowest BCUT2D eigenvalue weighted by Crippen LogP contribution is -2.49. The van der Waals surface area contributed by atoms with Gasteiger partial charge >= 0.3 is 0 Å². The molecule has 1 fully saturated rings. The van der Waals surface area contributed by atoms with Gasteiger partial charge in [0.1, 0.15) is 18.5 Å². The number of halogens is 2. The molecule has 0 bridgehead atoms. The van der Waals surface area contributed by atoms with Gasteiger partial charge in [-0.1, -0.05) is 23.2 Å². The van der Waals surface area contributed by atoms with E-state index >= 15 is 0 Å². The van der Waals surface area contributed by atoms with Crippen LogP contribution in [-0.2, 0) is 10.0 Å². The van der Waals surface area contributed by atoms with Gasteiger partial charge in [-0.25, -0.2) is 8.42 Å². The first-order chi connectivity index (χ1) is 14.2. The highest BCUT2D eigenvalue weighted by molar-refractivity contribution is 7.92. The Morgan fingerprint density at radius 1 is 1.07 bits per heavy atom. The summed E-state index contributed by atoms with van der Waals surface area (Å²) in [6, 6.07) is 12.2. The SMILES string of the molecule is CS(=O)(=O)Nc1ccc(OC[C@H](O)CN2CCN(c3ccc(Cl)c(Cl)c3)CC2)cc1. The smallest absolute Gasteiger partial charge is 0.229 e. The number of aliphatic hydroxyl groups excluding tert-OH is 1. The van der Waals surface area contributed by atoms with E-state index in [1.807, 2.05) is 12.1 Å². The summed E-state index contributed by atoms with van der Waals surface area (Å²) in [5.74, 6) is 0.567. The molecule has 1 heterocycles. The fourth-order valence-electron chi connectivity index (χ4n) is 3.25. The summed E-state index contributed by atoms with van der Waals surface area (Å²) in [7, 11) is -3.31. The predicted octanol–water partition coefficient (Wildman–Crippen LogP) is 2.93. The monoisotopic (exact) mass is 473 g/mol. The lowest BCUT2D eigenvalue weighted by molar-refractivity contribution is 0.0663. The minimum atomic E-state index is -3.31. The Balaban J connectivity index is 1.41. The molecule has 2 aromatic rings. The van der Waals surface area contributed by atoms with E-state index in [1.54, 1.807) is 30.3 Å². The van der Waals surface area contributed by atoms with Gasteiger partial charge in [0.15, 0.2) is 0 Å². The maximum Gasteiger partial charge on any atom is 0.229 e. The van der Waals surface area contributed by atoms with Gasteiger partial charge in [0.25, 0.3) is 0 Å². The minimum Gasteiger partial charge on any atom is -0.491 e. The largest absolute Gasteiger partial charge is 0.491 e. The molecule has 2 N–H and O–H groups in total. The average molecular weight is 474 g/mol. The van der Waals surface area contributed by atoms with Crippen molar-refractivity contribution in [3.05, 3.63) is 52.5 Å². The molecule has 30 heavy (non-hydrogen) atoms. The molecule has 0 aliphatic carbocycles. The number of β-amino-alcohol motifs (C(OH)–C–C–N with tert-alkyl or cyclic N) is 1. The van der Waals surface area contributed by atoms with Crippen LogP contribution in [0.15, 0.2) is 42.5 Å². The Bertz CT molecular complexity index is 949. The molecular formula is C20H25Cl2N3O4S. The van der Waals surface area contributed by atoms with Gasteiger partial charge in [0, 0.05) is 44.1 Å². The standard InChI is InChI=1S/C20H25Cl2N3O4S/c1-30(27,28)23-15-2-5-18(6-3-15)29-14-17(26)13-24-8-10-25(11-9-24)16-4-7-19(21)20(22)12-16/h2-7,12,17,23,26H,8-11,13-14H2,1H3/t17-/m1/s1. The van der Waals surface area contributed by atoms with Crippen molar-refractivity contribution in [2.75, 3.05) is 55.2 Å². The number of piperazine rings is 1. The molecule has 1 atom stereocenters. The third-order valence-corrected chi connectivity index (χ3v) is 6.06. The molecule has 1 aliphatic heterocycles. The van der Waals surface area contributed by atoms with E-state index in [2.05, 4.69) is 14.5 Å². The number of benzene rings is 2. The van der Waals surface area contributed by atoms with Gasteiger partial charge in [-0.05, 0) is 42.5 Å². The molecule has 7 nitrogen and oxygen atoms in total. The van der Waals surface area contributed by atoms with Crippen LogP contribution in [0.3, 0.4) is 0 Å². The number of anilines is 2. The molecule has 0 saturated carbocycles. The molecule has 0 aromatic heterocycles. The Labute approximate surface area is 187 Å². The normalized spacial score (nSPS) is 16.3. The Morgan fingerprint density at radius 3 is 2.33 bits per heavy atom. The van der Waals surface area contributed by atoms with E-state index in [0.29, 0.717) is 28.0 Å². The number of nitrogens with one attached hydrogen (secondary N) is 1. The molecule has 164 valence electrons. The second-order valence-corrected chi connectivity index (χ2v) is 9.81. The van der Waals surface area contributed by atoms with Crippen molar-refractivity contribution in [3.8, 4) is 5.75 Å². The number of hydrogen-bond donors (Lipinski definition) is 2. The van der Waals surface area contributed by atoms with Crippen molar-refractivity contribution in [1.29, 1.82) is 0 Å². The number of ether oxygens (including phenoxy) is 1. The second kappa shape index (κ2) is 10.1. The third kappa shape index (κ3) is 6.92. The third-order valence-electron chi connectivity index (χ3n) is 4.71. The zero-order valence-corrected chi connectivity index (χ0v) is 18.9. The van der Waals surface area contributed by atoms with Crippen LogP contribution < -0.4 is 14.4 Å². The molecule has 0 unspecified atom stereocenters. The van der Waals surface area contributed by atoms with Crippen molar-refractivity contribution in [2.24, 2.45) is 0 Å². The van der Waals surface area contributed by atoms with E-state index in [0.717, 1.165) is 38.1 Å². The van der Waals surface area contributed by atoms with Gasteiger partial charge in [-0.15, -0.1) is 0 Å². The maximum absolute atomic E-state index is 11.2. The zero-order valence-electron chi connectivity index (χ0n) is 16.6. The van der Waals surface area contributed by atoms with Gasteiger partial charge in [-0.2, -0.15) is 0 Å². The quantitative estimate of drug-likeness (QED) is 0.613. The van der Waals surface area contributed by atoms with E-state index < -0.39 is 16.1 Å². The lowest BCUT2D eigenvalue weighted by atomic mass is 10.2. The number of hydrogen-bond acceptors (Lipinski definition) is 6. The summed E-state index contributed by atoms with van der Waals surface area (Å²) in [6.45, 7) is 3.99. The minimum absolute atomic E-state index is 0.159. The highest BCUT2D eigenvalue weighted by Gasteiger charge is 2.20. The summed E-state index contributed by atoms with van der Waals surface area (Å²) in [6.07, 6.45) is 0.466. The van der Waals surface area contributed by atoms with Crippen LogP contribution in [-0.4, -0.2) is 70.1 Å². The Kier molecular flexibility index (Phi) is 7.70. The van der Waals surface area contributed by atoms with Crippen molar-refractivity contribution < 1.29 is 18.3 Å². The van der Waals surface area contributed by atoms with Crippen LogP contribution in [0.4, 0.5) is 11.4 Å². The molecule has 0 radical (unpaired) electrons. The Morgan fingerprint density at radius 2 is 1.73 bits per heavy atom. The van der Waals surface area contributed by atoms with Crippen LogP contribution in [0.1, 0.15) is 0 Å². The molecule has 1 aliphatic rings. The molecule has 10 heteroatoms. The van der Waals surface area contributed by atoms with E-state index in [4.69, 9.17) is 27.9 Å². The molecule has 0 spiro atoms. The first-order valence-electron chi connectivity index (χ1n) is 9.51. The first-order valence-corrected chi connectivity index (χ1v) is 12.2. The van der Waals surface area contributed by atoms with Gasteiger partial charge in [-0.3, -0.25) is 9.62 Å². The van der Waals surface area contributed by atoms with E-state index in [9.17, 15) is 13.5 Å². The van der Waals surface area contributed by atoms with Crippen LogP contribution >= 0.6 is 23.2 Å². The number of rotatable bonds is 8. The predicted molar refractivity (Wildman–Crippen MR) is 122 cm³/mol.